The highest BCUT2D eigenvalue weighted by molar-refractivity contribution is 6.32. The van der Waals surface area contributed by atoms with E-state index >= 15 is 0 Å². The number of amides is 1. The summed E-state index contributed by atoms with van der Waals surface area (Å²) in [6, 6.07) is 28.4. The third-order valence-corrected chi connectivity index (χ3v) is 6.39. The molecular formula is C34H31ClN2O4. The molecule has 0 aliphatic rings. The van der Waals surface area contributed by atoms with E-state index in [1.165, 1.54) is 11.6 Å². The van der Waals surface area contributed by atoms with Gasteiger partial charge in [-0.3, -0.25) is 4.79 Å². The molecule has 1 N–H and O–H groups in total. The maximum Gasteiger partial charge on any atom is 0.266 e. The Morgan fingerprint density at radius 2 is 1.61 bits per heavy atom. The molecule has 0 fully saturated rings. The number of carbonyl (C=O) groups is 1. The van der Waals surface area contributed by atoms with Gasteiger partial charge in [-0.05, 0) is 79.9 Å². The van der Waals surface area contributed by atoms with Crippen molar-refractivity contribution in [3.8, 4) is 23.3 Å². The molecule has 7 heteroatoms. The van der Waals surface area contributed by atoms with Gasteiger partial charge in [0.2, 0.25) is 0 Å². The van der Waals surface area contributed by atoms with Crippen LogP contribution in [0.1, 0.15) is 34.7 Å². The minimum Gasteiger partial charge on any atom is -0.490 e. The van der Waals surface area contributed by atoms with Crippen molar-refractivity contribution in [2.45, 2.75) is 34.0 Å². The average molecular weight is 567 g/mol. The van der Waals surface area contributed by atoms with Crippen LogP contribution in [0.2, 0.25) is 5.02 Å². The van der Waals surface area contributed by atoms with E-state index in [1.54, 1.807) is 36.4 Å². The number of rotatable bonds is 11. The van der Waals surface area contributed by atoms with Crippen LogP contribution in [-0.2, 0) is 18.0 Å². The van der Waals surface area contributed by atoms with E-state index in [0.29, 0.717) is 53.3 Å². The Morgan fingerprint density at radius 1 is 0.878 bits per heavy atom. The Kier molecular flexibility index (Phi) is 10.0. The lowest BCUT2D eigenvalue weighted by Gasteiger charge is -2.15. The van der Waals surface area contributed by atoms with Gasteiger partial charge in [0.05, 0.1) is 11.6 Å². The zero-order valence-corrected chi connectivity index (χ0v) is 24.0. The van der Waals surface area contributed by atoms with Gasteiger partial charge in [0.25, 0.3) is 5.91 Å². The summed E-state index contributed by atoms with van der Waals surface area (Å²) < 4.78 is 17.6. The maximum absolute atomic E-state index is 12.9. The van der Waals surface area contributed by atoms with Crippen LogP contribution in [0.3, 0.4) is 0 Å². The maximum atomic E-state index is 12.9. The average Bonchev–Trinajstić information content (AvgIpc) is 2.96. The lowest BCUT2D eigenvalue weighted by molar-refractivity contribution is -0.112. The predicted octanol–water partition coefficient (Wildman–Crippen LogP) is 8.06. The van der Waals surface area contributed by atoms with E-state index < -0.39 is 5.91 Å². The summed E-state index contributed by atoms with van der Waals surface area (Å²) in [5, 5.41) is 12.8. The summed E-state index contributed by atoms with van der Waals surface area (Å²) in [5.74, 6) is 0.953. The van der Waals surface area contributed by atoms with Crippen molar-refractivity contribution in [3.05, 3.63) is 123 Å². The molecule has 0 spiro atoms. The molecule has 41 heavy (non-hydrogen) atoms. The largest absolute Gasteiger partial charge is 0.490 e. The quantitative estimate of drug-likeness (QED) is 0.147. The summed E-state index contributed by atoms with van der Waals surface area (Å²) in [6.07, 6.45) is 1.47. The lowest BCUT2D eigenvalue weighted by atomic mass is 10.1. The normalized spacial score (nSPS) is 11.0. The molecule has 0 aliphatic carbocycles. The van der Waals surface area contributed by atoms with E-state index in [2.05, 4.69) is 5.32 Å². The number of ether oxygens (including phenoxy) is 3. The number of aryl methyl sites for hydroxylation is 2. The molecule has 0 saturated heterocycles. The summed E-state index contributed by atoms with van der Waals surface area (Å²) in [4.78, 5) is 12.9. The van der Waals surface area contributed by atoms with Crippen molar-refractivity contribution in [3.63, 3.8) is 0 Å². The van der Waals surface area contributed by atoms with Gasteiger partial charge in [0.1, 0.15) is 30.6 Å². The molecule has 1 amide bonds. The Morgan fingerprint density at radius 3 is 2.29 bits per heavy atom. The Labute approximate surface area is 245 Å². The van der Waals surface area contributed by atoms with Crippen LogP contribution in [0.25, 0.3) is 6.08 Å². The molecule has 0 saturated carbocycles. The van der Waals surface area contributed by atoms with Crippen LogP contribution in [-0.4, -0.2) is 12.5 Å². The first-order valence-corrected chi connectivity index (χ1v) is 13.6. The monoisotopic (exact) mass is 566 g/mol. The van der Waals surface area contributed by atoms with Gasteiger partial charge in [0, 0.05) is 5.69 Å². The number of nitrogens with zero attached hydrogens (tertiary/aromatic N) is 1. The summed E-state index contributed by atoms with van der Waals surface area (Å²) >= 11 is 6.56. The number of benzene rings is 4. The molecule has 0 aliphatic heterocycles. The van der Waals surface area contributed by atoms with Gasteiger partial charge < -0.3 is 19.5 Å². The number of hydrogen-bond acceptors (Lipinski definition) is 5. The molecule has 0 heterocycles. The first-order chi connectivity index (χ1) is 19.8. The van der Waals surface area contributed by atoms with Crippen molar-refractivity contribution >= 4 is 29.3 Å². The molecule has 0 bridgehead atoms. The van der Waals surface area contributed by atoms with Crippen LogP contribution in [0, 0.1) is 25.2 Å². The molecule has 0 atom stereocenters. The summed E-state index contributed by atoms with van der Waals surface area (Å²) in [5.41, 5.74) is 5.37. The van der Waals surface area contributed by atoms with Gasteiger partial charge in [0.15, 0.2) is 11.5 Å². The third kappa shape index (κ3) is 8.38. The molecule has 4 aromatic rings. The number of hydrogen-bond donors (Lipinski definition) is 1. The Hall–Kier alpha value is -4.73. The van der Waals surface area contributed by atoms with Crippen molar-refractivity contribution in [1.29, 1.82) is 5.26 Å². The van der Waals surface area contributed by atoms with E-state index in [0.717, 1.165) is 16.7 Å². The second kappa shape index (κ2) is 14.1. The topological polar surface area (TPSA) is 80.6 Å². The molecule has 0 aromatic heterocycles. The highest BCUT2D eigenvalue weighted by Crippen LogP contribution is 2.38. The van der Waals surface area contributed by atoms with Gasteiger partial charge in [-0.1, -0.05) is 71.3 Å². The fraction of sp³-hybridized carbons (Fsp3) is 0.176. The zero-order valence-electron chi connectivity index (χ0n) is 23.2. The number of nitriles is 1. The predicted molar refractivity (Wildman–Crippen MR) is 162 cm³/mol. The van der Waals surface area contributed by atoms with Crippen LogP contribution in [0.4, 0.5) is 5.69 Å². The first-order valence-electron chi connectivity index (χ1n) is 13.2. The fourth-order valence-corrected chi connectivity index (χ4v) is 4.30. The molecule has 208 valence electrons. The van der Waals surface area contributed by atoms with E-state index in [-0.39, 0.29) is 5.57 Å². The Bertz CT molecular complexity index is 1570. The number of halogens is 1. The minimum absolute atomic E-state index is 0.0864. The third-order valence-electron chi connectivity index (χ3n) is 6.11. The SMILES string of the molecule is CCOc1cc(/C=C(\C#N)C(=O)Nc2ccc(OCc3ccc(C)cc3)cc2)cc(Cl)c1OCc1cccc(C)c1. The number of nitrogens with one attached hydrogen (secondary N) is 1. The van der Waals surface area contributed by atoms with Crippen molar-refractivity contribution in [2.24, 2.45) is 0 Å². The molecular weight excluding hydrogens is 536 g/mol. The first kappa shape index (κ1) is 29.3. The number of carbonyl (C=O) groups excluding carboxylic acids is 1. The second-order valence-corrected chi connectivity index (χ2v) is 9.87. The summed E-state index contributed by atoms with van der Waals surface area (Å²) in [7, 11) is 0. The van der Waals surface area contributed by atoms with E-state index in [4.69, 9.17) is 25.8 Å². The number of anilines is 1. The van der Waals surface area contributed by atoms with Crippen LogP contribution in [0.5, 0.6) is 17.2 Å². The molecule has 0 unspecified atom stereocenters. The van der Waals surface area contributed by atoms with Crippen molar-refractivity contribution < 1.29 is 19.0 Å². The highest BCUT2D eigenvalue weighted by Gasteiger charge is 2.15. The summed E-state index contributed by atoms with van der Waals surface area (Å²) in [6.45, 7) is 7.06. The molecule has 6 nitrogen and oxygen atoms in total. The van der Waals surface area contributed by atoms with Crippen LogP contribution < -0.4 is 19.5 Å². The van der Waals surface area contributed by atoms with Gasteiger partial charge in [-0.25, -0.2) is 0 Å². The fourth-order valence-electron chi connectivity index (χ4n) is 4.03. The van der Waals surface area contributed by atoms with Gasteiger partial charge in [-0.15, -0.1) is 0 Å². The van der Waals surface area contributed by atoms with Crippen LogP contribution >= 0.6 is 11.6 Å². The smallest absolute Gasteiger partial charge is 0.266 e. The standard InChI is InChI=1S/C34H31ClN2O4/c1-4-39-32-19-27(18-31(35)33(32)41-22-26-7-5-6-24(3)16-26)17-28(20-36)34(38)37-29-12-14-30(15-13-29)40-21-25-10-8-23(2)9-11-25/h5-19H,4,21-22H2,1-3H3,(H,37,38)/b28-17+. The zero-order chi connectivity index (χ0) is 29.2. The minimum atomic E-state index is -0.547. The second-order valence-electron chi connectivity index (χ2n) is 9.46. The van der Waals surface area contributed by atoms with E-state index in [9.17, 15) is 10.1 Å². The van der Waals surface area contributed by atoms with Crippen LogP contribution in [0.15, 0.2) is 90.5 Å². The van der Waals surface area contributed by atoms with Gasteiger partial charge in [-0.2, -0.15) is 5.26 Å². The van der Waals surface area contributed by atoms with Crippen molar-refractivity contribution in [2.75, 3.05) is 11.9 Å². The molecule has 0 radical (unpaired) electrons. The van der Waals surface area contributed by atoms with Gasteiger partial charge >= 0.3 is 0 Å². The van der Waals surface area contributed by atoms with Crippen molar-refractivity contribution in [1.82, 2.24) is 0 Å². The molecule has 4 rings (SSSR count). The Balaban J connectivity index is 1.43. The highest BCUT2D eigenvalue weighted by atomic mass is 35.5. The lowest BCUT2D eigenvalue weighted by Crippen LogP contribution is -2.13. The van der Waals surface area contributed by atoms with E-state index in [1.807, 2.05) is 75.4 Å². The molecule has 4 aromatic carbocycles.